The maximum Gasteiger partial charge on any atom is 0.306 e. The van der Waals surface area contributed by atoms with Crippen LogP contribution in [0.25, 0.3) is 0 Å². The number of Topliss-reactive ketones (excluding diaryl/α,β-unsaturated/α-hetero) is 1. The molecule has 4 rings (SSSR count). The molecule has 154 valence electrons. The Morgan fingerprint density at radius 2 is 1.90 bits per heavy atom. The molecule has 0 N–H and O–H groups in total. The minimum absolute atomic E-state index is 0.176. The predicted octanol–water partition coefficient (Wildman–Crippen LogP) is 4.84. The molecular formula is C24H28FNO3. The van der Waals surface area contributed by atoms with Gasteiger partial charge < -0.3 is 9.30 Å². The summed E-state index contributed by atoms with van der Waals surface area (Å²) in [6.07, 6.45) is 5.39. The highest BCUT2D eigenvalue weighted by atomic mass is 19.1. The zero-order valence-corrected chi connectivity index (χ0v) is 17.1. The minimum Gasteiger partial charge on any atom is -0.457 e. The molecule has 2 bridgehead atoms. The van der Waals surface area contributed by atoms with Crippen molar-refractivity contribution in [3.05, 3.63) is 58.7 Å². The molecule has 0 aliphatic heterocycles. The number of hydrogen-bond acceptors (Lipinski definition) is 3. The van der Waals surface area contributed by atoms with E-state index >= 15 is 0 Å². The number of esters is 1. The first kappa shape index (κ1) is 19.9. The molecular weight excluding hydrogens is 369 g/mol. The second-order valence-electron chi connectivity index (χ2n) is 8.72. The maximum absolute atomic E-state index is 13.1. The first-order valence-electron chi connectivity index (χ1n) is 10.5. The van der Waals surface area contributed by atoms with E-state index in [1.165, 1.54) is 31.4 Å². The van der Waals surface area contributed by atoms with Crippen LogP contribution in [0.15, 0.2) is 30.3 Å². The van der Waals surface area contributed by atoms with E-state index in [1.807, 2.05) is 24.5 Å². The van der Waals surface area contributed by atoms with E-state index in [4.69, 9.17) is 4.74 Å². The number of aryl methyl sites for hydroxylation is 1. The average molecular weight is 397 g/mol. The zero-order valence-electron chi connectivity index (χ0n) is 17.1. The summed E-state index contributed by atoms with van der Waals surface area (Å²) in [5.41, 5.74) is 3.33. The Kier molecular flexibility index (Phi) is 5.57. The van der Waals surface area contributed by atoms with E-state index in [2.05, 4.69) is 0 Å². The van der Waals surface area contributed by atoms with E-state index in [0.717, 1.165) is 29.3 Å². The van der Waals surface area contributed by atoms with Crippen LogP contribution in [0.4, 0.5) is 4.39 Å². The number of halogens is 1. The van der Waals surface area contributed by atoms with Crippen LogP contribution in [0.3, 0.4) is 0 Å². The SMILES string of the molecule is Cc1cc(C(=O)COC(=O)C[C@@H]2C[C@@H]3CC[C@@H]2C3)c(C)n1Cc1ccc(F)cc1. The third-order valence-corrected chi connectivity index (χ3v) is 6.81. The smallest absolute Gasteiger partial charge is 0.306 e. The second kappa shape index (κ2) is 8.13. The maximum atomic E-state index is 13.1. The van der Waals surface area contributed by atoms with Gasteiger partial charge in [-0.05, 0) is 74.6 Å². The van der Waals surface area contributed by atoms with Crippen molar-refractivity contribution in [2.75, 3.05) is 6.61 Å². The quantitative estimate of drug-likeness (QED) is 0.496. The number of hydrogen-bond donors (Lipinski definition) is 0. The Balaban J connectivity index is 1.34. The van der Waals surface area contributed by atoms with Crippen LogP contribution in [-0.2, 0) is 16.1 Å². The number of nitrogens with zero attached hydrogens (tertiary/aromatic N) is 1. The highest BCUT2D eigenvalue weighted by Gasteiger charge is 2.40. The van der Waals surface area contributed by atoms with Gasteiger partial charge in [0, 0.05) is 29.9 Å². The summed E-state index contributed by atoms with van der Waals surface area (Å²) in [5, 5.41) is 0. The van der Waals surface area contributed by atoms with E-state index in [9.17, 15) is 14.0 Å². The van der Waals surface area contributed by atoms with Crippen LogP contribution in [0, 0.1) is 37.4 Å². The van der Waals surface area contributed by atoms with Crippen molar-refractivity contribution >= 4 is 11.8 Å². The molecule has 1 aromatic carbocycles. The highest BCUT2D eigenvalue weighted by molar-refractivity contribution is 5.99. The Morgan fingerprint density at radius 3 is 2.55 bits per heavy atom. The molecule has 29 heavy (non-hydrogen) atoms. The van der Waals surface area contributed by atoms with Crippen molar-refractivity contribution in [3.63, 3.8) is 0 Å². The van der Waals surface area contributed by atoms with Gasteiger partial charge in [0.2, 0.25) is 5.78 Å². The van der Waals surface area contributed by atoms with E-state index in [0.29, 0.717) is 30.4 Å². The monoisotopic (exact) mass is 397 g/mol. The van der Waals surface area contributed by atoms with Crippen LogP contribution < -0.4 is 0 Å². The van der Waals surface area contributed by atoms with E-state index in [1.54, 1.807) is 12.1 Å². The molecule has 0 radical (unpaired) electrons. The molecule has 5 heteroatoms. The lowest BCUT2D eigenvalue weighted by Gasteiger charge is -2.20. The third-order valence-electron chi connectivity index (χ3n) is 6.81. The Hall–Kier alpha value is -2.43. The lowest BCUT2D eigenvalue weighted by molar-refractivity contribution is -0.144. The van der Waals surface area contributed by atoms with Crippen molar-refractivity contribution in [2.24, 2.45) is 17.8 Å². The Bertz CT molecular complexity index is 915. The fraction of sp³-hybridized carbons (Fsp3) is 0.500. The number of rotatable bonds is 7. The van der Waals surface area contributed by atoms with E-state index < -0.39 is 0 Å². The zero-order chi connectivity index (χ0) is 20.5. The van der Waals surface area contributed by atoms with Crippen molar-refractivity contribution < 1.29 is 18.7 Å². The fourth-order valence-electron chi connectivity index (χ4n) is 5.22. The summed E-state index contributed by atoms with van der Waals surface area (Å²) in [6.45, 7) is 4.19. The van der Waals surface area contributed by atoms with Gasteiger partial charge in [0.05, 0.1) is 0 Å². The highest BCUT2D eigenvalue weighted by Crippen LogP contribution is 2.49. The summed E-state index contributed by atoms with van der Waals surface area (Å²) in [7, 11) is 0. The molecule has 1 heterocycles. The molecule has 2 aromatic rings. The van der Waals surface area contributed by atoms with Crippen LogP contribution in [0.5, 0.6) is 0 Å². The van der Waals surface area contributed by atoms with Gasteiger partial charge in [0.1, 0.15) is 5.82 Å². The fourth-order valence-corrected chi connectivity index (χ4v) is 5.22. The van der Waals surface area contributed by atoms with Crippen molar-refractivity contribution in [2.45, 2.75) is 52.5 Å². The normalized spacial score (nSPS) is 22.8. The summed E-state index contributed by atoms with van der Waals surface area (Å²) in [6, 6.07) is 8.20. The van der Waals surface area contributed by atoms with Crippen LogP contribution >= 0.6 is 0 Å². The number of benzene rings is 1. The number of fused-ring (bicyclic) bond motifs is 2. The summed E-state index contributed by atoms with van der Waals surface area (Å²) >= 11 is 0. The van der Waals surface area contributed by atoms with E-state index in [-0.39, 0.29) is 24.2 Å². The molecule has 0 amide bonds. The van der Waals surface area contributed by atoms with Gasteiger partial charge in [-0.1, -0.05) is 18.6 Å². The number of carbonyl (C=O) groups excluding carboxylic acids is 2. The first-order chi connectivity index (χ1) is 13.9. The first-order valence-corrected chi connectivity index (χ1v) is 10.5. The van der Waals surface area contributed by atoms with Gasteiger partial charge >= 0.3 is 5.97 Å². The van der Waals surface area contributed by atoms with Crippen molar-refractivity contribution in [3.8, 4) is 0 Å². The molecule has 2 aliphatic carbocycles. The molecule has 3 atom stereocenters. The van der Waals surface area contributed by atoms with Crippen LogP contribution in [0.2, 0.25) is 0 Å². The van der Waals surface area contributed by atoms with Crippen LogP contribution in [-0.4, -0.2) is 22.9 Å². The third kappa shape index (κ3) is 4.29. The molecule has 2 aliphatic rings. The molecule has 2 fully saturated rings. The summed E-state index contributed by atoms with van der Waals surface area (Å²) in [5.74, 6) is 1.22. The molecule has 0 unspecified atom stereocenters. The minimum atomic E-state index is -0.266. The number of aromatic nitrogens is 1. The number of carbonyl (C=O) groups is 2. The molecule has 4 nitrogen and oxygen atoms in total. The standard InChI is InChI=1S/C24H28FNO3/c1-15-9-22(16(2)26(15)13-17-4-7-21(25)8-5-17)23(27)14-29-24(28)12-20-11-18-3-6-19(20)10-18/h4-5,7-9,18-20H,3,6,10-14H2,1-2H3/t18-,19-,20+/m1/s1. The Labute approximate surface area is 171 Å². The lowest BCUT2D eigenvalue weighted by atomic mass is 9.86. The Morgan fingerprint density at radius 1 is 1.14 bits per heavy atom. The van der Waals surface area contributed by atoms with Gasteiger partial charge in [0.25, 0.3) is 0 Å². The summed E-state index contributed by atoms with van der Waals surface area (Å²) < 4.78 is 20.5. The lowest BCUT2D eigenvalue weighted by Crippen LogP contribution is -2.20. The van der Waals surface area contributed by atoms with Gasteiger partial charge in [-0.2, -0.15) is 0 Å². The van der Waals surface area contributed by atoms with Crippen molar-refractivity contribution in [1.82, 2.24) is 4.57 Å². The van der Waals surface area contributed by atoms with Gasteiger partial charge in [-0.25, -0.2) is 4.39 Å². The number of ketones is 1. The van der Waals surface area contributed by atoms with Gasteiger partial charge in [0.15, 0.2) is 6.61 Å². The van der Waals surface area contributed by atoms with Gasteiger partial charge in [-0.15, -0.1) is 0 Å². The van der Waals surface area contributed by atoms with Gasteiger partial charge in [-0.3, -0.25) is 9.59 Å². The topological polar surface area (TPSA) is 48.3 Å². The number of ether oxygens (including phenoxy) is 1. The molecule has 2 saturated carbocycles. The van der Waals surface area contributed by atoms with Crippen LogP contribution in [0.1, 0.15) is 59.4 Å². The van der Waals surface area contributed by atoms with Crippen molar-refractivity contribution in [1.29, 1.82) is 0 Å². The summed E-state index contributed by atoms with van der Waals surface area (Å²) in [4.78, 5) is 24.9. The molecule has 0 spiro atoms. The molecule has 0 saturated heterocycles. The predicted molar refractivity (Wildman–Crippen MR) is 108 cm³/mol. The largest absolute Gasteiger partial charge is 0.457 e. The molecule has 1 aromatic heterocycles. The average Bonchev–Trinajstić information content (AvgIpc) is 3.38. The second-order valence-corrected chi connectivity index (χ2v) is 8.72.